The first kappa shape index (κ1) is 13.0. The first-order valence-corrected chi connectivity index (χ1v) is 6.50. The van der Waals surface area contributed by atoms with Crippen LogP contribution in [0.5, 0.6) is 0 Å². The summed E-state index contributed by atoms with van der Waals surface area (Å²) >= 11 is 3.35. The highest BCUT2D eigenvalue weighted by molar-refractivity contribution is 9.09. The second kappa shape index (κ2) is 8.16. The molecule has 3 nitrogen and oxygen atoms in total. The van der Waals surface area contributed by atoms with Crippen LogP contribution in [0, 0.1) is 0 Å². The van der Waals surface area contributed by atoms with Crippen molar-refractivity contribution in [2.24, 2.45) is 0 Å². The number of hydrogen-bond donors (Lipinski definition) is 1. The van der Waals surface area contributed by atoms with Gasteiger partial charge in [0.05, 0.1) is 6.61 Å². The van der Waals surface area contributed by atoms with Crippen LogP contribution in [0.4, 0.5) is 10.5 Å². The number of unbranched alkanes of at least 4 members (excludes halogenated alkanes) is 2. The molecule has 0 aliphatic heterocycles. The van der Waals surface area contributed by atoms with Gasteiger partial charge in [-0.05, 0) is 31.4 Å². The molecule has 16 heavy (non-hydrogen) atoms. The molecule has 0 heterocycles. The molecule has 0 aliphatic rings. The predicted octanol–water partition coefficient (Wildman–Crippen LogP) is 3.80. The van der Waals surface area contributed by atoms with Crippen molar-refractivity contribution < 1.29 is 9.53 Å². The standard InChI is InChI=1S/C12H16BrNO2/c13-9-5-2-6-10-16-12(15)14-11-7-3-1-4-8-11/h1,3-4,7-8H,2,5-6,9-10H2,(H,14,15). The van der Waals surface area contributed by atoms with Crippen molar-refractivity contribution in [3.63, 3.8) is 0 Å². The molecular formula is C12H16BrNO2. The maximum Gasteiger partial charge on any atom is 0.411 e. The Morgan fingerprint density at radius 2 is 1.94 bits per heavy atom. The average molecular weight is 286 g/mol. The summed E-state index contributed by atoms with van der Waals surface area (Å²) in [7, 11) is 0. The summed E-state index contributed by atoms with van der Waals surface area (Å²) in [6.07, 6.45) is 2.71. The number of ether oxygens (including phenoxy) is 1. The lowest BCUT2D eigenvalue weighted by Gasteiger charge is -2.06. The zero-order valence-electron chi connectivity index (χ0n) is 9.12. The van der Waals surface area contributed by atoms with E-state index in [4.69, 9.17) is 4.74 Å². The first-order valence-electron chi connectivity index (χ1n) is 5.37. The van der Waals surface area contributed by atoms with Gasteiger partial charge in [0.15, 0.2) is 0 Å². The highest BCUT2D eigenvalue weighted by Gasteiger charge is 2.01. The van der Waals surface area contributed by atoms with E-state index in [0.717, 1.165) is 30.3 Å². The number of alkyl halides is 1. The van der Waals surface area contributed by atoms with E-state index in [-0.39, 0.29) is 6.09 Å². The maximum absolute atomic E-state index is 11.3. The van der Waals surface area contributed by atoms with Crippen LogP contribution in [-0.4, -0.2) is 18.0 Å². The second-order valence-corrected chi connectivity index (χ2v) is 4.17. The third-order valence-corrected chi connectivity index (χ3v) is 2.59. The van der Waals surface area contributed by atoms with Crippen LogP contribution < -0.4 is 5.32 Å². The number of nitrogens with one attached hydrogen (secondary N) is 1. The number of hydrogen-bond acceptors (Lipinski definition) is 2. The second-order valence-electron chi connectivity index (χ2n) is 3.38. The van der Waals surface area contributed by atoms with Crippen LogP contribution in [0.1, 0.15) is 19.3 Å². The number of benzene rings is 1. The first-order chi connectivity index (χ1) is 7.83. The maximum atomic E-state index is 11.3. The van der Waals surface area contributed by atoms with Gasteiger partial charge < -0.3 is 4.74 Å². The highest BCUT2D eigenvalue weighted by Crippen LogP contribution is 2.05. The molecule has 0 unspecified atom stereocenters. The quantitative estimate of drug-likeness (QED) is 0.638. The van der Waals surface area contributed by atoms with Crippen molar-refractivity contribution in [3.8, 4) is 0 Å². The van der Waals surface area contributed by atoms with Crippen molar-refractivity contribution in [1.29, 1.82) is 0 Å². The van der Waals surface area contributed by atoms with E-state index in [0.29, 0.717) is 6.61 Å². The molecule has 1 amide bonds. The van der Waals surface area contributed by atoms with Crippen LogP contribution in [0.3, 0.4) is 0 Å². The average Bonchev–Trinajstić information content (AvgIpc) is 2.30. The smallest absolute Gasteiger partial charge is 0.411 e. The predicted molar refractivity (Wildman–Crippen MR) is 69.1 cm³/mol. The summed E-state index contributed by atoms with van der Waals surface area (Å²) in [5.41, 5.74) is 0.757. The molecule has 1 rings (SSSR count). The monoisotopic (exact) mass is 285 g/mol. The number of anilines is 1. The largest absolute Gasteiger partial charge is 0.449 e. The van der Waals surface area contributed by atoms with Crippen molar-refractivity contribution in [3.05, 3.63) is 30.3 Å². The molecule has 88 valence electrons. The van der Waals surface area contributed by atoms with Gasteiger partial charge in [-0.1, -0.05) is 34.1 Å². The summed E-state index contributed by atoms with van der Waals surface area (Å²) in [6.45, 7) is 0.478. The van der Waals surface area contributed by atoms with E-state index >= 15 is 0 Å². The minimum absolute atomic E-state index is 0.384. The van der Waals surface area contributed by atoms with Crippen molar-refractivity contribution in [1.82, 2.24) is 0 Å². The van der Waals surface area contributed by atoms with Crippen molar-refractivity contribution in [2.75, 3.05) is 17.3 Å². The molecule has 4 heteroatoms. The molecule has 0 saturated carbocycles. The fourth-order valence-electron chi connectivity index (χ4n) is 1.21. The Balaban J connectivity index is 2.12. The van der Waals surface area contributed by atoms with Crippen molar-refractivity contribution >= 4 is 27.7 Å². The molecule has 0 atom stereocenters. The summed E-state index contributed by atoms with van der Waals surface area (Å²) in [6, 6.07) is 9.28. The van der Waals surface area contributed by atoms with Gasteiger partial charge >= 0.3 is 6.09 Å². The van der Waals surface area contributed by atoms with Crippen LogP contribution in [-0.2, 0) is 4.74 Å². The fourth-order valence-corrected chi connectivity index (χ4v) is 1.61. The molecule has 0 radical (unpaired) electrons. The van der Waals surface area contributed by atoms with E-state index in [1.165, 1.54) is 0 Å². The lowest BCUT2D eigenvalue weighted by atomic mass is 10.3. The van der Waals surface area contributed by atoms with Gasteiger partial charge in [0.1, 0.15) is 0 Å². The van der Waals surface area contributed by atoms with Gasteiger partial charge in [0.25, 0.3) is 0 Å². The Morgan fingerprint density at radius 1 is 1.19 bits per heavy atom. The van der Waals surface area contributed by atoms with Crippen LogP contribution in [0.2, 0.25) is 0 Å². The number of carbonyl (C=O) groups is 1. The minimum Gasteiger partial charge on any atom is -0.449 e. The molecule has 1 aromatic carbocycles. The van der Waals surface area contributed by atoms with E-state index in [1.54, 1.807) is 0 Å². The minimum atomic E-state index is -0.384. The van der Waals surface area contributed by atoms with Crippen molar-refractivity contribution in [2.45, 2.75) is 19.3 Å². The zero-order valence-corrected chi connectivity index (χ0v) is 10.7. The summed E-state index contributed by atoms with van der Waals surface area (Å²) in [5.74, 6) is 0. The number of carbonyl (C=O) groups excluding carboxylic acids is 1. The molecule has 0 aliphatic carbocycles. The normalized spacial score (nSPS) is 9.81. The molecule has 0 aromatic heterocycles. The van der Waals surface area contributed by atoms with Gasteiger partial charge in [-0.15, -0.1) is 0 Å². The van der Waals surface area contributed by atoms with E-state index in [2.05, 4.69) is 21.2 Å². The highest BCUT2D eigenvalue weighted by atomic mass is 79.9. The Morgan fingerprint density at radius 3 is 2.62 bits per heavy atom. The number of halogens is 1. The number of rotatable bonds is 6. The van der Waals surface area contributed by atoms with Gasteiger partial charge in [-0.25, -0.2) is 4.79 Å². The topological polar surface area (TPSA) is 38.3 Å². The van der Waals surface area contributed by atoms with Crippen LogP contribution in [0.25, 0.3) is 0 Å². The lowest BCUT2D eigenvalue weighted by Crippen LogP contribution is -2.14. The van der Waals surface area contributed by atoms with Crippen LogP contribution >= 0.6 is 15.9 Å². The van der Waals surface area contributed by atoms with Crippen LogP contribution in [0.15, 0.2) is 30.3 Å². The lowest BCUT2D eigenvalue weighted by molar-refractivity contribution is 0.159. The number of amides is 1. The van der Waals surface area contributed by atoms with Gasteiger partial charge in [0.2, 0.25) is 0 Å². The van der Waals surface area contributed by atoms with E-state index < -0.39 is 0 Å². The molecule has 1 aromatic rings. The summed E-state index contributed by atoms with van der Waals surface area (Å²) < 4.78 is 5.03. The molecule has 0 saturated heterocycles. The Hall–Kier alpha value is -1.03. The number of para-hydroxylation sites is 1. The Kier molecular flexibility index (Phi) is 6.65. The molecule has 0 spiro atoms. The third-order valence-electron chi connectivity index (χ3n) is 2.03. The molecule has 1 N–H and O–H groups in total. The van der Waals surface area contributed by atoms with E-state index in [9.17, 15) is 4.79 Å². The Bertz CT molecular complexity index is 303. The van der Waals surface area contributed by atoms with Gasteiger partial charge in [0, 0.05) is 11.0 Å². The summed E-state index contributed by atoms with van der Waals surface area (Å²) in [5, 5.41) is 3.67. The molecule has 0 fully saturated rings. The molecular weight excluding hydrogens is 270 g/mol. The third kappa shape index (κ3) is 5.75. The summed E-state index contributed by atoms with van der Waals surface area (Å²) in [4.78, 5) is 11.3. The van der Waals surface area contributed by atoms with E-state index in [1.807, 2.05) is 30.3 Å². The van der Waals surface area contributed by atoms with Gasteiger partial charge in [-0.3, -0.25) is 5.32 Å². The molecule has 0 bridgehead atoms. The SMILES string of the molecule is O=C(Nc1ccccc1)OCCCCCBr. The Labute approximate surface area is 104 Å². The van der Waals surface area contributed by atoms with Gasteiger partial charge in [-0.2, -0.15) is 0 Å². The zero-order chi connectivity index (χ0) is 11.6. The fraction of sp³-hybridized carbons (Fsp3) is 0.417.